The van der Waals surface area contributed by atoms with Crippen molar-refractivity contribution in [1.82, 2.24) is 14.8 Å². The number of benzene rings is 1. The van der Waals surface area contributed by atoms with Gasteiger partial charge in [0.1, 0.15) is 0 Å². The van der Waals surface area contributed by atoms with Gasteiger partial charge in [-0.05, 0) is 29.7 Å². The summed E-state index contributed by atoms with van der Waals surface area (Å²) in [5, 5.41) is 3.42. The summed E-state index contributed by atoms with van der Waals surface area (Å²) in [6.45, 7) is 5.92. The number of anilines is 1. The van der Waals surface area contributed by atoms with Crippen LogP contribution >= 0.6 is 0 Å². The number of fused-ring (bicyclic) bond motifs is 1. The van der Waals surface area contributed by atoms with Gasteiger partial charge in [0.05, 0.1) is 30.7 Å². The number of carbonyl (C=O) groups is 2. The minimum Gasteiger partial charge on any atom is -0.380 e. The predicted molar refractivity (Wildman–Crippen MR) is 128 cm³/mol. The van der Waals surface area contributed by atoms with Gasteiger partial charge in [-0.3, -0.25) is 14.6 Å². The number of hydrogen-bond acceptors (Lipinski definition) is 5. The third-order valence-corrected chi connectivity index (χ3v) is 7.25. The molecule has 2 aliphatic rings. The van der Waals surface area contributed by atoms with Crippen LogP contribution < -0.4 is 5.32 Å². The molecule has 0 saturated carbocycles. The molecule has 4 rings (SSSR count). The Labute approximate surface area is 208 Å². The van der Waals surface area contributed by atoms with Crippen molar-refractivity contribution < 1.29 is 27.5 Å². The van der Waals surface area contributed by atoms with Gasteiger partial charge in [0.2, 0.25) is 5.91 Å². The maximum absolute atomic E-state index is 14.1. The first-order valence-electron chi connectivity index (χ1n) is 11.9. The first-order chi connectivity index (χ1) is 16.9. The van der Waals surface area contributed by atoms with Gasteiger partial charge in [-0.1, -0.05) is 38.1 Å². The summed E-state index contributed by atoms with van der Waals surface area (Å²) >= 11 is 0. The molecule has 194 valence electrons. The molecule has 1 unspecified atom stereocenters. The first-order valence-corrected chi connectivity index (χ1v) is 11.9. The van der Waals surface area contributed by atoms with Gasteiger partial charge in [-0.25, -0.2) is 0 Å². The molecule has 1 aliphatic carbocycles. The number of aromatic nitrogens is 1. The zero-order valence-corrected chi connectivity index (χ0v) is 20.8. The Hall–Kier alpha value is -3.14. The molecule has 2 heterocycles. The van der Waals surface area contributed by atoms with Crippen LogP contribution in [0.25, 0.3) is 0 Å². The van der Waals surface area contributed by atoms with Gasteiger partial charge in [0, 0.05) is 32.0 Å². The lowest BCUT2D eigenvalue weighted by Crippen LogP contribution is -2.53. The number of halogens is 3. The van der Waals surface area contributed by atoms with Gasteiger partial charge in [0.15, 0.2) is 12.1 Å². The topological polar surface area (TPSA) is 74.8 Å². The Morgan fingerprint density at radius 3 is 2.56 bits per heavy atom. The van der Waals surface area contributed by atoms with Crippen LogP contribution in [0.15, 0.2) is 42.6 Å². The van der Waals surface area contributed by atoms with E-state index in [0.717, 1.165) is 13.5 Å². The van der Waals surface area contributed by atoms with Crippen LogP contribution in [0.5, 0.6) is 0 Å². The lowest BCUT2D eigenvalue weighted by atomic mass is 9.83. The number of rotatable bonds is 5. The highest BCUT2D eigenvalue weighted by molar-refractivity contribution is 5.83. The van der Waals surface area contributed by atoms with E-state index in [1.54, 1.807) is 6.07 Å². The number of amides is 2. The van der Waals surface area contributed by atoms with Crippen molar-refractivity contribution in [2.45, 2.75) is 57.0 Å². The van der Waals surface area contributed by atoms with E-state index in [2.05, 4.69) is 36.3 Å². The summed E-state index contributed by atoms with van der Waals surface area (Å²) < 4.78 is 47.7. The molecule has 2 amide bonds. The third-order valence-electron chi connectivity index (χ3n) is 7.25. The molecule has 1 aliphatic heterocycles. The average Bonchev–Trinajstić information content (AvgIpc) is 3.08. The first kappa shape index (κ1) is 25.9. The van der Waals surface area contributed by atoms with Gasteiger partial charge in [-0.15, -0.1) is 0 Å². The summed E-state index contributed by atoms with van der Waals surface area (Å²) in [5.74, 6) is -1.11. The minimum absolute atomic E-state index is 0.0536. The highest BCUT2D eigenvalue weighted by atomic mass is 19.4. The number of hydrogen-bond donors (Lipinski definition) is 1. The lowest BCUT2D eigenvalue weighted by Gasteiger charge is -2.36. The summed E-state index contributed by atoms with van der Waals surface area (Å²) in [4.78, 5) is 30.7. The Bertz CT molecular complexity index is 1120. The Morgan fingerprint density at radius 1 is 1.22 bits per heavy atom. The van der Waals surface area contributed by atoms with Crippen molar-refractivity contribution in [3.63, 3.8) is 0 Å². The second-order valence-electron chi connectivity index (χ2n) is 9.97. The summed E-state index contributed by atoms with van der Waals surface area (Å²) in [6.07, 6.45) is -3.74. The van der Waals surface area contributed by atoms with Gasteiger partial charge < -0.3 is 19.9 Å². The normalized spacial score (nSPS) is 22.0. The molecule has 1 saturated heterocycles. The molecule has 1 aromatic carbocycles. The number of pyridine rings is 1. The fourth-order valence-electron chi connectivity index (χ4n) is 5.10. The van der Waals surface area contributed by atoms with E-state index in [4.69, 9.17) is 4.74 Å². The molecule has 7 nitrogen and oxygen atoms in total. The quantitative estimate of drug-likeness (QED) is 0.672. The number of nitrogens with one attached hydrogen (secondary N) is 1. The van der Waals surface area contributed by atoms with E-state index in [9.17, 15) is 22.8 Å². The van der Waals surface area contributed by atoms with Crippen LogP contribution in [-0.2, 0) is 26.2 Å². The molecule has 0 spiro atoms. The molecule has 3 atom stereocenters. The van der Waals surface area contributed by atoms with Crippen LogP contribution in [0.4, 0.5) is 18.9 Å². The fourth-order valence-corrected chi connectivity index (χ4v) is 5.10. The highest BCUT2D eigenvalue weighted by Crippen LogP contribution is 2.40. The molecule has 1 N–H and O–H groups in total. The summed E-state index contributed by atoms with van der Waals surface area (Å²) in [7, 11) is 1.09. The van der Waals surface area contributed by atoms with Crippen LogP contribution in [0.2, 0.25) is 0 Å². The van der Waals surface area contributed by atoms with Crippen LogP contribution in [0.3, 0.4) is 0 Å². The van der Waals surface area contributed by atoms with Crippen LogP contribution in [-0.4, -0.2) is 71.7 Å². The Balaban J connectivity index is 1.50. The van der Waals surface area contributed by atoms with Crippen molar-refractivity contribution in [3.8, 4) is 0 Å². The molecule has 0 bridgehead atoms. The van der Waals surface area contributed by atoms with Crippen molar-refractivity contribution in [3.05, 3.63) is 59.4 Å². The zero-order valence-electron chi connectivity index (χ0n) is 20.8. The zero-order chi connectivity index (χ0) is 26.3. The molecule has 1 fully saturated rings. The van der Waals surface area contributed by atoms with Gasteiger partial charge >= 0.3 is 6.18 Å². The van der Waals surface area contributed by atoms with Gasteiger partial charge in [-0.2, -0.15) is 13.2 Å². The second-order valence-corrected chi connectivity index (χ2v) is 9.97. The van der Waals surface area contributed by atoms with E-state index in [0.29, 0.717) is 17.1 Å². The lowest BCUT2D eigenvalue weighted by molar-refractivity contribution is -0.196. The minimum atomic E-state index is -4.75. The third kappa shape index (κ3) is 5.04. The number of likely N-dealkylation sites (N-methyl/N-ethyl adjacent to an activating group) is 1. The maximum Gasteiger partial charge on any atom is 0.414 e. The Morgan fingerprint density at radius 2 is 1.94 bits per heavy atom. The van der Waals surface area contributed by atoms with Crippen molar-refractivity contribution in [2.24, 2.45) is 0 Å². The van der Waals surface area contributed by atoms with E-state index < -0.39 is 24.2 Å². The molecular weight excluding hydrogens is 473 g/mol. The van der Waals surface area contributed by atoms with Crippen LogP contribution in [0.1, 0.15) is 43.6 Å². The maximum atomic E-state index is 14.1. The number of morpholine rings is 1. The van der Waals surface area contributed by atoms with Crippen molar-refractivity contribution >= 4 is 17.5 Å². The SMILES string of the molecule is CC(=O)N1CCO[C@H](C(=O)N(C)C(c2ccc(N[C@H]3Cc4ccccc4C3(C)C)cn2)C(F)(F)F)C1. The monoisotopic (exact) mass is 504 g/mol. The standard InChI is InChI=1S/C26H31F3N4O3/c1-16(34)33-11-12-36-21(15-33)24(35)32(4)23(26(27,28)29)20-10-9-18(14-30-20)31-22-13-17-7-5-6-8-19(17)25(22,2)3/h5-10,14,21-23,31H,11-13,15H2,1-4H3/t21-,22-,23?/m0/s1. The summed E-state index contributed by atoms with van der Waals surface area (Å²) in [5.41, 5.74) is 2.64. The van der Waals surface area contributed by atoms with E-state index in [-0.39, 0.29) is 36.2 Å². The van der Waals surface area contributed by atoms with Crippen molar-refractivity contribution in [1.29, 1.82) is 0 Å². The van der Waals surface area contributed by atoms with E-state index >= 15 is 0 Å². The fraction of sp³-hybridized carbons (Fsp3) is 0.500. The smallest absolute Gasteiger partial charge is 0.380 e. The van der Waals surface area contributed by atoms with Crippen LogP contribution in [0, 0.1) is 0 Å². The molecular formula is C26H31F3N4O3. The molecule has 1 aromatic heterocycles. The number of ether oxygens (including phenoxy) is 1. The van der Waals surface area contributed by atoms with Crippen molar-refractivity contribution in [2.75, 3.05) is 32.1 Å². The average molecular weight is 505 g/mol. The Kier molecular flexibility index (Phi) is 7.01. The number of nitrogens with zero attached hydrogens (tertiary/aromatic N) is 3. The molecule has 36 heavy (non-hydrogen) atoms. The second kappa shape index (κ2) is 9.72. The van der Waals surface area contributed by atoms with Gasteiger partial charge in [0.25, 0.3) is 5.91 Å². The number of carbonyl (C=O) groups excluding carboxylic acids is 2. The molecule has 10 heteroatoms. The number of alkyl halides is 3. The highest BCUT2D eigenvalue weighted by Gasteiger charge is 2.48. The van der Waals surface area contributed by atoms with E-state index in [1.165, 1.54) is 35.2 Å². The molecule has 0 radical (unpaired) electrons. The largest absolute Gasteiger partial charge is 0.414 e. The summed E-state index contributed by atoms with van der Waals surface area (Å²) in [6, 6.07) is 8.86. The predicted octanol–water partition coefficient (Wildman–Crippen LogP) is 3.71. The molecule has 2 aromatic rings. The van der Waals surface area contributed by atoms with E-state index in [1.807, 2.05) is 12.1 Å².